The zero-order valence-corrected chi connectivity index (χ0v) is 13.1. The second-order valence-corrected chi connectivity index (χ2v) is 6.18. The summed E-state index contributed by atoms with van der Waals surface area (Å²) in [5.41, 5.74) is 1.66. The number of fused-ring (bicyclic) bond motifs is 1. The first-order valence-electron chi connectivity index (χ1n) is 6.40. The summed E-state index contributed by atoms with van der Waals surface area (Å²) in [5, 5.41) is 5.59. The quantitative estimate of drug-likeness (QED) is 0.871. The minimum absolute atomic E-state index is 0.0454. The third kappa shape index (κ3) is 2.35. The third-order valence-corrected chi connectivity index (χ3v) is 3.99. The first kappa shape index (κ1) is 13.9. The van der Waals surface area contributed by atoms with Crippen molar-refractivity contribution in [2.75, 3.05) is 10.6 Å². The van der Waals surface area contributed by atoms with Gasteiger partial charge >= 0.3 is 0 Å². The highest BCUT2D eigenvalue weighted by Crippen LogP contribution is 2.38. The standard InChI is InChI=1S/C15H13BrN2O3/c1-15(2)9-7-8(3-4-10(9)18-14(15)20)17-13(19)11-5-6-12(16)21-11/h3-7H,1-2H3,(H,17,19)(H,18,20). The maximum atomic E-state index is 12.0. The van der Waals surface area contributed by atoms with E-state index in [1.54, 1.807) is 24.3 Å². The van der Waals surface area contributed by atoms with Gasteiger partial charge in [-0.3, -0.25) is 9.59 Å². The van der Waals surface area contributed by atoms with Crippen LogP contribution in [0.25, 0.3) is 0 Å². The maximum absolute atomic E-state index is 12.0. The fourth-order valence-electron chi connectivity index (χ4n) is 2.28. The van der Waals surface area contributed by atoms with Crippen molar-refractivity contribution in [1.82, 2.24) is 0 Å². The molecule has 2 amide bonds. The van der Waals surface area contributed by atoms with Gasteiger partial charge in [-0.05, 0) is 65.7 Å². The van der Waals surface area contributed by atoms with Crippen LogP contribution >= 0.6 is 15.9 Å². The van der Waals surface area contributed by atoms with Crippen molar-refractivity contribution in [2.24, 2.45) is 0 Å². The van der Waals surface area contributed by atoms with E-state index in [0.717, 1.165) is 11.3 Å². The Morgan fingerprint density at radius 3 is 2.71 bits per heavy atom. The summed E-state index contributed by atoms with van der Waals surface area (Å²) in [6.45, 7) is 3.70. The van der Waals surface area contributed by atoms with Gasteiger partial charge < -0.3 is 15.1 Å². The van der Waals surface area contributed by atoms with E-state index in [2.05, 4.69) is 26.6 Å². The molecule has 2 heterocycles. The van der Waals surface area contributed by atoms with Crippen LogP contribution in [0.1, 0.15) is 30.0 Å². The van der Waals surface area contributed by atoms with E-state index in [1.165, 1.54) is 0 Å². The molecule has 0 spiro atoms. The van der Waals surface area contributed by atoms with Crippen LogP contribution in [0.4, 0.5) is 11.4 Å². The molecule has 0 radical (unpaired) electrons. The van der Waals surface area contributed by atoms with Gasteiger partial charge in [0.1, 0.15) is 0 Å². The van der Waals surface area contributed by atoms with Gasteiger partial charge in [-0.1, -0.05) is 0 Å². The lowest BCUT2D eigenvalue weighted by molar-refractivity contribution is -0.119. The minimum Gasteiger partial charge on any atom is -0.444 e. The molecule has 0 atom stereocenters. The molecule has 0 bridgehead atoms. The van der Waals surface area contributed by atoms with E-state index in [9.17, 15) is 9.59 Å². The fraction of sp³-hybridized carbons (Fsp3) is 0.200. The van der Waals surface area contributed by atoms with Gasteiger partial charge in [0, 0.05) is 11.4 Å². The summed E-state index contributed by atoms with van der Waals surface area (Å²) in [5.74, 6) is -0.164. The Bertz CT molecular complexity index is 749. The number of carbonyl (C=O) groups excluding carboxylic acids is 2. The number of halogens is 1. The first-order valence-corrected chi connectivity index (χ1v) is 7.20. The smallest absolute Gasteiger partial charge is 0.291 e. The summed E-state index contributed by atoms with van der Waals surface area (Å²) in [6.07, 6.45) is 0. The van der Waals surface area contributed by atoms with Crippen molar-refractivity contribution in [2.45, 2.75) is 19.3 Å². The number of hydrogen-bond acceptors (Lipinski definition) is 3. The van der Waals surface area contributed by atoms with E-state index in [1.807, 2.05) is 19.9 Å². The van der Waals surface area contributed by atoms with Crippen LogP contribution < -0.4 is 10.6 Å². The Hall–Kier alpha value is -2.08. The maximum Gasteiger partial charge on any atom is 0.291 e. The van der Waals surface area contributed by atoms with Crippen molar-refractivity contribution >= 4 is 39.1 Å². The molecule has 1 aromatic heterocycles. The van der Waals surface area contributed by atoms with Gasteiger partial charge in [-0.15, -0.1) is 0 Å². The van der Waals surface area contributed by atoms with Gasteiger partial charge in [-0.2, -0.15) is 0 Å². The fourth-order valence-corrected chi connectivity index (χ4v) is 2.58. The second-order valence-electron chi connectivity index (χ2n) is 5.40. The summed E-state index contributed by atoms with van der Waals surface area (Å²) >= 11 is 3.16. The largest absolute Gasteiger partial charge is 0.444 e. The molecule has 1 aliphatic rings. The Morgan fingerprint density at radius 1 is 1.29 bits per heavy atom. The second kappa shape index (κ2) is 4.73. The molecule has 5 nitrogen and oxygen atoms in total. The average molecular weight is 349 g/mol. The predicted octanol–water partition coefficient (Wildman–Crippen LogP) is 3.52. The molecule has 3 rings (SSSR count). The number of rotatable bonds is 2. The highest BCUT2D eigenvalue weighted by molar-refractivity contribution is 9.10. The lowest BCUT2D eigenvalue weighted by Crippen LogP contribution is -2.26. The number of anilines is 2. The van der Waals surface area contributed by atoms with E-state index >= 15 is 0 Å². The Kier molecular flexibility index (Phi) is 3.13. The first-order chi connectivity index (χ1) is 9.88. The summed E-state index contributed by atoms with van der Waals surface area (Å²) < 4.78 is 5.70. The summed E-state index contributed by atoms with van der Waals surface area (Å²) in [4.78, 5) is 23.9. The molecule has 2 aromatic rings. The van der Waals surface area contributed by atoms with E-state index in [4.69, 9.17) is 4.42 Å². The molecule has 0 fully saturated rings. The normalized spacial score (nSPS) is 15.5. The van der Waals surface area contributed by atoms with Gasteiger partial charge in [0.15, 0.2) is 10.4 Å². The lowest BCUT2D eigenvalue weighted by Gasteiger charge is -2.15. The Balaban J connectivity index is 1.87. The van der Waals surface area contributed by atoms with Crippen LogP contribution in [-0.4, -0.2) is 11.8 Å². The van der Waals surface area contributed by atoms with Crippen molar-refractivity contribution in [3.63, 3.8) is 0 Å². The SMILES string of the molecule is CC1(C)C(=O)Nc2ccc(NC(=O)c3ccc(Br)o3)cc21. The van der Waals surface area contributed by atoms with Crippen LogP contribution in [0.3, 0.4) is 0 Å². The number of carbonyl (C=O) groups is 2. The summed E-state index contributed by atoms with van der Waals surface area (Å²) in [6, 6.07) is 8.58. The molecule has 0 aliphatic carbocycles. The van der Waals surface area contributed by atoms with E-state index < -0.39 is 5.41 Å². The zero-order chi connectivity index (χ0) is 15.2. The zero-order valence-electron chi connectivity index (χ0n) is 11.5. The van der Waals surface area contributed by atoms with Crippen molar-refractivity contribution < 1.29 is 14.0 Å². The highest BCUT2D eigenvalue weighted by Gasteiger charge is 2.38. The van der Waals surface area contributed by atoms with Gasteiger partial charge in [0.05, 0.1) is 5.41 Å². The Labute approximate surface area is 129 Å². The van der Waals surface area contributed by atoms with Crippen LogP contribution in [-0.2, 0) is 10.2 Å². The molecule has 0 saturated heterocycles. The van der Waals surface area contributed by atoms with Crippen LogP contribution in [0.2, 0.25) is 0 Å². The van der Waals surface area contributed by atoms with Crippen molar-refractivity contribution in [3.8, 4) is 0 Å². The van der Waals surface area contributed by atoms with E-state index in [-0.39, 0.29) is 17.6 Å². The van der Waals surface area contributed by atoms with Crippen molar-refractivity contribution in [1.29, 1.82) is 0 Å². The lowest BCUT2D eigenvalue weighted by atomic mass is 9.86. The highest BCUT2D eigenvalue weighted by atomic mass is 79.9. The minimum atomic E-state index is -0.607. The van der Waals surface area contributed by atoms with Crippen LogP contribution in [0.15, 0.2) is 39.4 Å². The average Bonchev–Trinajstić information content (AvgIpc) is 2.94. The third-order valence-electron chi connectivity index (χ3n) is 3.56. The van der Waals surface area contributed by atoms with Crippen LogP contribution in [0.5, 0.6) is 0 Å². The molecular formula is C15H13BrN2O3. The van der Waals surface area contributed by atoms with Crippen molar-refractivity contribution in [3.05, 3.63) is 46.3 Å². The molecule has 0 unspecified atom stereocenters. The Morgan fingerprint density at radius 2 is 2.05 bits per heavy atom. The molecule has 1 aromatic carbocycles. The van der Waals surface area contributed by atoms with Gasteiger partial charge in [-0.25, -0.2) is 0 Å². The van der Waals surface area contributed by atoms with Gasteiger partial charge in [0.25, 0.3) is 5.91 Å². The number of amides is 2. The summed E-state index contributed by atoms with van der Waals surface area (Å²) in [7, 11) is 0. The monoisotopic (exact) mass is 348 g/mol. The van der Waals surface area contributed by atoms with Crippen LogP contribution in [0, 0.1) is 0 Å². The predicted molar refractivity (Wildman–Crippen MR) is 82.5 cm³/mol. The molecule has 6 heteroatoms. The number of benzene rings is 1. The van der Waals surface area contributed by atoms with Gasteiger partial charge in [0.2, 0.25) is 5.91 Å². The number of nitrogens with one attached hydrogen (secondary N) is 2. The molecule has 108 valence electrons. The molecule has 21 heavy (non-hydrogen) atoms. The van der Waals surface area contributed by atoms with E-state index in [0.29, 0.717) is 10.4 Å². The number of furan rings is 1. The molecule has 0 saturated carbocycles. The molecule has 2 N–H and O–H groups in total. The molecular weight excluding hydrogens is 336 g/mol. The molecule has 1 aliphatic heterocycles. The topological polar surface area (TPSA) is 71.3 Å². The number of hydrogen-bond donors (Lipinski definition) is 2.